The van der Waals surface area contributed by atoms with Crippen molar-refractivity contribution in [1.82, 2.24) is 19.8 Å². The number of hydrogen-bond acceptors (Lipinski definition) is 6. The van der Waals surface area contributed by atoms with E-state index in [1.807, 2.05) is 13.8 Å². The summed E-state index contributed by atoms with van der Waals surface area (Å²) in [5.41, 5.74) is 0.658. The van der Waals surface area contributed by atoms with Crippen molar-refractivity contribution in [2.24, 2.45) is 0 Å². The first-order valence-corrected chi connectivity index (χ1v) is 8.95. The zero-order chi connectivity index (χ0) is 18.0. The molecular weight excluding hydrogens is 345 g/mol. The van der Waals surface area contributed by atoms with Gasteiger partial charge in [0.05, 0.1) is 18.0 Å². The number of ether oxygens (including phenoxy) is 1. The minimum Gasteiger partial charge on any atom is -0.372 e. The van der Waals surface area contributed by atoms with Crippen LogP contribution in [-0.2, 0) is 9.53 Å². The first kappa shape index (κ1) is 17.7. The largest absolute Gasteiger partial charge is 0.372 e. The van der Waals surface area contributed by atoms with E-state index in [1.54, 1.807) is 17.0 Å². The van der Waals surface area contributed by atoms with Gasteiger partial charge in [-0.15, -0.1) is 10.2 Å². The van der Waals surface area contributed by atoms with Crippen LogP contribution in [0.5, 0.6) is 0 Å². The fourth-order valence-electron chi connectivity index (χ4n) is 2.77. The normalized spacial score (nSPS) is 20.7. The Morgan fingerprint density at radius 3 is 2.56 bits per heavy atom. The van der Waals surface area contributed by atoms with E-state index in [2.05, 4.69) is 10.2 Å². The van der Waals surface area contributed by atoms with Crippen LogP contribution in [0.1, 0.15) is 13.8 Å². The molecule has 1 fully saturated rings. The van der Waals surface area contributed by atoms with E-state index < -0.39 is 0 Å². The highest BCUT2D eigenvalue weighted by Gasteiger charge is 2.26. The van der Waals surface area contributed by atoms with Crippen molar-refractivity contribution in [1.29, 1.82) is 0 Å². The van der Waals surface area contributed by atoms with E-state index in [-0.39, 0.29) is 29.7 Å². The molecule has 0 aliphatic carbocycles. The number of morpholine rings is 1. The number of aromatic nitrogens is 3. The van der Waals surface area contributed by atoms with Crippen molar-refractivity contribution >= 4 is 17.7 Å². The molecule has 0 radical (unpaired) electrons. The van der Waals surface area contributed by atoms with Gasteiger partial charge in [-0.05, 0) is 38.1 Å². The summed E-state index contributed by atoms with van der Waals surface area (Å²) in [6.07, 6.45) is 0.0573. The number of amides is 1. The average Bonchev–Trinajstić information content (AvgIpc) is 2.93. The number of halogens is 1. The molecule has 1 aliphatic heterocycles. The first-order chi connectivity index (χ1) is 11.9. The highest BCUT2D eigenvalue weighted by Crippen LogP contribution is 2.22. The standard InChI is InChI=1S/C16H20FN5O2S/c1-10-7-21(8-11(2)24-10)14(23)9-25-16-20-19-15(22(16)18)12-3-5-13(17)6-4-12/h3-6,10-11H,7-9,18H2,1-2H3/t10-,11+. The SMILES string of the molecule is C[C@@H]1CN(C(=O)CSc2nnc(-c3ccc(F)cc3)n2N)C[C@H](C)O1. The lowest BCUT2D eigenvalue weighted by Crippen LogP contribution is -2.48. The van der Waals surface area contributed by atoms with Crippen molar-refractivity contribution in [2.45, 2.75) is 31.2 Å². The smallest absolute Gasteiger partial charge is 0.233 e. The fourth-order valence-corrected chi connectivity index (χ4v) is 3.53. The van der Waals surface area contributed by atoms with Crippen molar-refractivity contribution in [3.8, 4) is 11.4 Å². The molecule has 2 atom stereocenters. The van der Waals surface area contributed by atoms with Crippen molar-refractivity contribution in [3.05, 3.63) is 30.1 Å². The van der Waals surface area contributed by atoms with Crippen LogP contribution in [0, 0.1) is 5.82 Å². The zero-order valence-corrected chi connectivity index (χ0v) is 14.9. The number of nitrogens with zero attached hydrogens (tertiary/aromatic N) is 4. The monoisotopic (exact) mass is 365 g/mol. The quantitative estimate of drug-likeness (QED) is 0.653. The van der Waals surface area contributed by atoms with Crippen LogP contribution in [0.3, 0.4) is 0 Å². The van der Waals surface area contributed by atoms with Crippen LogP contribution in [0.4, 0.5) is 4.39 Å². The van der Waals surface area contributed by atoms with Crippen LogP contribution >= 0.6 is 11.8 Å². The second kappa shape index (κ2) is 7.40. The summed E-state index contributed by atoms with van der Waals surface area (Å²) in [5, 5.41) is 8.49. The number of thioether (sulfide) groups is 1. The molecule has 0 bridgehead atoms. The van der Waals surface area contributed by atoms with E-state index in [0.29, 0.717) is 29.6 Å². The van der Waals surface area contributed by atoms with Crippen LogP contribution in [0.25, 0.3) is 11.4 Å². The lowest BCUT2D eigenvalue weighted by atomic mass is 10.2. The molecule has 1 aromatic heterocycles. The second-order valence-corrected chi connectivity index (χ2v) is 6.97. The number of nitrogens with two attached hydrogens (primary N) is 1. The third-order valence-electron chi connectivity index (χ3n) is 3.86. The molecule has 25 heavy (non-hydrogen) atoms. The number of rotatable bonds is 4. The van der Waals surface area contributed by atoms with E-state index in [4.69, 9.17) is 10.6 Å². The van der Waals surface area contributed by atoms with Gasteiger partial charge in [-0.1, -0.05) is 11.8 Å². The minimum atomic E-state index is -0.332. The molecule has 1 amide bonds. The van der Waals surface area contributed by atoms with Crippen molar-refractivity contribution < 1.29 is 13.9 Å². The third-order valence-corrected chi connectivity index (χ3v) is 4.79. The molecule has 3 rings (SSSR count). The number of benzene rings is 1. The number of nitrogen functional groups attached to an aromatic ring is 1. The fraction of sp³-hybridized carbons (Fsp3) is 0.438. The molecule has 2 heterocycles. The summed E-state index contributed by atoms with van der Waals surface area (Å²) < 4.78 is 20.0. The lowest BCUT2D eigenvalue weighted by Gasteiger charge is -2.35. The Hall–Kier alpha value is -2.13. The molecule has 2 N–H and O–H groups in total. The van der Waals surface area contributed by atoms with Gasteiger partial charge < -0.3 is 15.5 Å². The number of hydrogen-bond donors (Lipinski definition) is 1. The van der Waals surface area contributed by atoms with Gasteiger partial charge in [-0.3, -0.25) is 4.79 Å². The van der Waals surface area contributed by atoms with E-state index in [1.165, 1.54) is 28.6 Å². The predicted octanol–water partition coefficient (Wildman–Crippen LogP) is 1.53. The Kier molecular flexibility index (Phi) is 5.24. The molecule has 9 heteroatoms. The lowest BCUT2D eigenvalue weighted by molar-refractivity contribution is -0.140. The number of carbonyl (C=O) groups is 1. The zero-order valence-electron chi connectivity index (χ0n) is 14.1. The van der Waals surface area contributed by atoms with Crippen LogP contribution in [0.15, 0.2) is 29.4 Å². The maximum Gasteiger partial charge on any atom is 0.233 e. The summed E-state index contributed by atoms with van der Waals surface area (Å²) in [4.78, 5) is 14.2. The van der Waals surface area contributed by atoms with Gasteiger partial charge in [-0.2, -0.15) is 0 Å². The van der Waals surface area contributed by atoms with Crippen LogP contribution in [0.2, 0.25) is 0 Å². The molecule has 0 saturated carbocycles. The summed E-state index contributed by atoms with van der Waals surface area (Å²) in [6.45, 7) is 5.07. The van der Waals surface area contributed by atoms with Gasteiger partial charge in [-0.25, -0.2) is 9.07 Å². The molecule has 1 aromatic carbocycles. The van der Waals surface area contributed by atoms with Gasteiger partial charge in [0.1, 0.15) is 5.82 Å². The maximum absolute atomic E-state index is 13.0. The summed E-state index contributed by atoms with van der Waals surface area (Å²) in [7, 11) is 0. The molecule has 134 valence electrons. The number of carbonyl (C=O) groups excluding carboxylic acids is 1. The average molecular weight is 365 g/mol. The Labute approximate surface area is 149 Å². The Bertz CT molecular complexity index is 741. The van der Waals surface area contributed by atoms with Crippen LogP contribution in [-0.4, -0.2) is 56.7 Å². The van der Waals surface area contributed by atoms with E-state index >= 15 is 0 Å². The van der Waals surface area contributed by atoms with Gasteiger partial charge in [0.15, 0.2) is 5.82 Å². The Balaban J connectivity index is 1.64. The summed E-state index contributed by atoms with van der Waals surface area (Å²) >= 11 is 1.23. The first-order valence-electron chi connectivity index (χ1n) is 7.96. The molecule has 1 saturated heterocycles. The minimum absolute atomic E-state index is 0.0123. The highest BCUT2D eigenvalue weighted by molar-refractivity contribution is 7.99. The van der Waals surface area contributed by atoms with Gasteiger partial charge in [0.25, 0.3) is 0 Å². The van der Waals surface area contributed by atoms with Crippen LogP contribution < -0.4 is 5.84 Å². The van der Waals surface area contributed by atoms with Crippen molar-refractivity contribution in [3.63, 3.8) is 0 Å². The van der Waals surface area contributed by atoms with E-state index in [0.717, 1.165) is 0 Å². The molecular formula is C16H20FN5O2S. The molecule has 1 aliphatic rings. The van der Waals surface area contributed by atoms with Gasteiger partial charge in [0.2, 0.25) is 11.1 Å². The van der Waals surface area contributed by atoms with Crippen molar-refractivity contribution in [2.75, 3.05) is 24.7 Å². The molecule has 2 aromatic rings. The van der Waals surface area contributed by atoms with Gasteiger partial charge >= 0.3 is 0 Å². The molecule has 7 nitrogen and oxygen atoms in total. The Morgan fingerprint density at radius 1 is 1.28 bits per heavy atom. The van der Waals surface area contributed by atoms with E-state index in [9.17, 15) is 9.18 Å². The summed E-state index contributed by atoms with van der Waals surface area (Å²) in [5.74, 6) is 6.33. The topological polar surface area (TPSA) is 86.3 Å². The molecule has 0 spiro atoms. The summed E-state index contributed by atoms with van der Waals surface area (Å²) in [6, 6.07) is 5.83. The van der Waals surface area contributed by atoms with Gasteiger partial charge in [0, 0.05) is 18.7 Å². The molecule has 0 unspecified atom stereocenters. The third kappa shape index (κ3) is 4.10. The predicted molar refractivity (Wildman–Crippen MR) is 92.9 cm³/mol. The maximum atomic E-state index is 13.0. The highest BCUT2D eigenvalue weighted by atomic mass is 32.2. The Morgan fingerprint density at radius 2 is 1.92 bits per heavy atom. The second-order valence-electron chi connectivity index (χ2n) is 6.03.